The summed E-state index contributed by atoms with van der Waals surface area (Å²) in [5.41, 5.74) is 1.25. The van der Waals surface area contributed by atoms with Crippen molar-refractivity contribution in [3.63, 3.8) is 0 Å². The normalized spacial score (nSPS) is 10.4. The quantitative estimate of drug-likeness (QED) is 0.925. The molecule has 0 fully saturated rings. The number of aryl methyl sites for hydroxylation is 1. The van der Waals surface area contributed by atoms with E-state index < -0.39 is 5.97 Å². The summed E-state index contributed by atoms with van der Waals surface area (Å²) >= 11 is 5.91. The first-order valence-electron chi connectivity index (χ1n) is 5.08. The van der Waals surface area contributed by atoms with Crippen LogP contribution in [0.4, 0.5) is 0 Å². The molecule has 0 bridgehead atoms. The van der Waals surface area contributed by atoms with Gasteiger partial charge in [-0.3, -0.25) is 0 Å². The molecule has 0 atom stereocenters. The zero-order valence-electron chi connectivity index (χ0n) is 9.73. The van der Waals surface area contributed by atoms with Gasteiger partial charge in [0, 0.05) is 5.56 Å². The standard InChI is InChI=1S/C12H10ClNO4/c1-6-5-7(3-4-8(6)17-2)11-9(13)10(12(15)16)14-18-11/h3-5H,1-2H3,(H,15,16). The molecule has 94 valence electrons. The van der Waals surface area contributed by atoms with E-state index in [1.807, 2.05) is 6.92 Å². The predicted molar refractivity (Wildman–Crippen MR) is 65.2 cm³/mol. The van der Waals surface area contributed by atoms with Gasteiger partial charge in [0.25, 0.3) is 0 Å². The Hall–Kier alpha value is -2.01. The minimum atomic E-state index is -1.22. The summed E-state index contributed by atoms with van der Waals surface area (Å²) in [5.74, 6) is -0.257. The number of carbonyl (C=O) groups is 1. The van der Waals surface area contributed by atoms with Gasteiger partial charge in [-0.1, -0.05) is 16.8 Å². The number of nitrogens with zero attached hydrogens (tertiary/aromatic N) is 1. The molecule has 0 saturated carbocycles. The summed E-state index contributed by atoms with van der Waals surface area (Å²) in [7, 11) is 1.58. The first-order valence-corrected chi connectivity index (χ1v) is 5.46. The number of rotatable bonds is 3. The van der Waals surface area contributed by atoms with Crippen molar-refractivity contribution in [2.45, 2.75) is 6.92 Å². The Morgan fingerprint density at radius 2 is 2.22 bits per heavy atom. The third-order valence-corrected chi connectivity index (χ3v) is 2.85. The van der Waals surface area contributed by atoms with Gasteiger partial charge in [-0.15, -0.1) is 0 Å². The van der Waals surface area contributed by atoms with E-state index in [4.69, 9.17) is 26.0 Å². The predicted octanol–water partition coefficient (Wildman–Crippen LogP) is 3.01. The van der Waals surface area contributed by atoms with Crippen LogP contribution in [0.2, 0.25) is 5.02 Å². The summed E-state index contributed by atoms with van der Waals surface area (Å²) in [6.07, 6.45) is 0. The minimum Gasteiger partial charge on any atom is -0.496 e. The number of aromatic nitrogens is 1. The molecule has 0 radical (unpaired) electrons. The second-order valence-electron chi connectivity index (χ2n) is 3.66. The number of hydrogen-bond acceptors (Lipinski definition) is 4. The van der Waals surface area contributed by atoms with Crippen molar-refractivity contribution in [2.75, 3.05) is 7.11 Å². The summed E-state index contributed by atoms with van der Waals surface area (Å²) < 4.78 is 10.1. The molecule has 0 saturated heterocycles. The average Bonchev–Trinajstić information content (AvgIpc) is 2.71. The third kappa shape index (κ3) is 2.04. The summed E-state index contributed by atoms with van der Waals surface area (Å²) in [6.45, 7) is 1.87. The molecule has 0 unspecified atom stereocenters. The summed E-state index contributed by atoms with van der Waals surface area (Å²) in [6, 6.07) is 5.27. The van der Waals surface area contributed by atoms with Gasteiger partial charge >= 0.3 is 5.97 Å². The fourth-order valence-electron chi connectivity index (χ4n) is 1.61. The average molecular weight is 268 g/mol. The second kappa shape index (κ2) is 4.70. The van der Waals surface area contributed by atoms with Gasteiger partial charge in [0.15, 0.2) is 5.76 Å². The van der Waals surface area contributed by atoms with Gasteiger partial charge in [-0.25, -0.2) is 4.79 Å². The van der Waals surface area contributed by atoms with E-state index in [-0.39, 0.29) is 16.5 Å². The van der Waals surface area contributed by atoms with Crippen LogP contribution < -0.4 is 4.74 Å². The fourth-order valence-corrected chi connectivity index (χ4v) is 1.87. The number of carboxylic acids is 1. The molecule has 2 rings (SSSR count). The molecule has 18 heavy (non-hydrogen) atoms. The van der Waals surface area contributed by atoms with Crippen molar-refractivity contribution < 1.29 is 19.2 Å². The molecule has 1 heterocycles. The van der Waals surface area contributed by atoms with E-state index in [2.05, 4.69) is 5.16 Å². The Kier molecular flexibility index (Phi) is 3.25. The van der Waals surface area contributed by atoms with Crippen molar-refractivity contribution in [1.82, 2.24) is 5.16 Å². The largest absolute Gasteiger partial charge is 0.496 e. The molecule has 0 spiro atoms. The molecule has 2 aromatic rings. The van der Waals surface area contributed by atoms with E-state index >= 15 is 0 Å². The fraction of sp³-hybridized carbons (Fsp3) is 0.167. The van der Waals surface area contributed by atoms with Crippen LogP contribution in [0, 0.1) is 6.92 Å². The number of carboxylic acid groups (broad SMARTS) is 1. The van der Waals surface area contributed by atoms with Gasteiger partial charge in [-0.2, -0.15) is 0 Å². The molecular weight excluding hydrogens is 258 g/mol. The zero-order valence-corrected chi connectivity index (χ0v) is 10.5. The lowest BCUT2D eigenvalue weighted by Crippen LogP contribution is -1.96. The number of halogens is 1. The molecule has 6 heteroatoms. The highest BCUT2D eigenvalue weighted by molar-refractivity contribution is 6.35. The molecule has 0 amide bonds. The van der Waals surface area contributed by atoms with Crippen LogP contribution in [0.3, 0.4) is 0 Å². The first-order chi connectivity index (χ1) is 8.54. The summed E-state index contributed by atoms with van der Waals surface area (Å²) in [4.78, 5) is 10.8. The molecule has 0 aliphatic rings. The maximum Gasteiger partial charge on any atom is 0.359 e. The highest BCUT2D eigenvalue weighted by Crippen LogP contribution is 2.33. The van der Waals surface area contributed by atoms with Crippen LogP contribution in [0.1, 0.15) is 16.1 Å². The molecule has 1 N–H and O–H groups in total. The maximum absolute atomic E-state index is 10.8. The minimum absolute atomic E-state index is 0.00735. The Morgan fingerprint density at radius 1 is 1.50 bits per heavy atom. The van der Waals surface area contributed by atoms with Crippen LogP contribution in [-0.4, -0.2) is 23.3 Å². The van der Waals surface area contributed by atoms with Gasteiger partial charge in [0.1, 0.15) is 10.8 Å². The maximum atomic E-state index is 10.8. The van der Waals surface area contributed by atoms with Gasteiger partial charge in [0.2, 0.25) is 5.69 Å². The molecule has 1 aromatic heterocycles. The van der Waals surface area contributed by atoms with Gasteiger partial charge in [-0.05, 0) is 30.7 Å². The van der Waals surface area contributed by atoms with Crippen molar-refractivity contribution >= 4 is 17.6 Å². The second-order valence-corrected chi connectivity index (χ2v) is 4.04. The lowest BCUT2D eigenvalue weighted by Gasteiger charge is -2.05. The highest BCUT2D eigenvalue weighted by atomic mass is 35.5. The number of aromatic carboxylic acids is 1. The Bertz CT molecular complexity index is 606. The molecule has 1 aromatic carbocycles. The van der Waals surface area contributed by atoms with Crippen LogP contribution in [0.5, 0.6) is 5.75 Å². The van der Waals surface area contributed by atoms with Gasteiger partial charge in [0.05, 0.1) is 7.11 Å². The monoisotopic (exact) mass is 267 g/mol. The smallest absolute Gasteiger partial charge is 0.359 e. The molecule has 0 aliphatic carbocycles. The third-order valence-electron chi connectivity index (χ3n) is 2.50. The number of benzene rings is 1. The first kappa shape index (κ1) is 12.4. The van der Waals surface area contributed by atoms with E-state index in [0.29, 0.717) is 5.56 Å². The number of ether oxygens (including phenoxy) is 1. The van der Waals surface area contributed by atoms with E-state index in [0.717, 1.165) is 11.3 Å². The zero-order chi connectivity index (χ0) is 13.3. The van der Waals surface area contributed by atoms with E-state index in [1.54, 1.807) is 25.3 Å². The Morgan fingerprint density at radius 3 is 2.72 bits per heavy atom. The number of methoxy groups -OCH3 is 1. The molecule has 5 nitrogen and oxygen atoms in total. The SMILES string of the molecule is COc1ccc(-c2onc(C(=O)O)c2Cl)cc1C. The highest BCUT2D eigenvalue weighted by Gasteiger charge is 2.21. The molecular formula is C12H10ClNO4. The Balaban J connectivity index is 2.49. The Labute approximate surface area is 108 Å². The van der Waals surface area contributed by atoms with Crippen LogP contribution >= 0.6 is 11.6 Å². The van der Waals surface area contributed by atoms with Crippen molar-refractivity contribution in [3.8, 4) is 17.1 Å². The van der Waals surface area contributed by atoms with Crippen LogP contribution in [0.25, 0.3) is 11.3 Å². The topological polar surface area (TPSA) is 72.6 Å². The lowest BCUT2D eigenvalue weighted by molar-refractivity contribution is 0.0686. The van der Waals surface area contributed by atoms with Crippen LogP contribution in [-0.2, 0) is 0 Å². The lowest BCUT2D eigenvalue weighted by atomic mass is 10.1. The summed E-state index contributed by atoms with van der Waals surface area (Å²) in [5, 5.41) is 12.3. The van der Waals surface area contributed by atoms with Crippen LogP contribution in [0.15, 0.2) is 22.7 Å². The van der Waals surface area contributed by atoms with E-state index in [9.17, 15) is 4.79 Å². The van der Waals surface area contributed by atoms with Crippen molar-refractivity contribution in [1.29, 1.82) is 0 Å². The number of hydrogen-bond donors (Lipinski definition) is 1. The molecule has 0 aliphatic heterocycles. The van der Waals surface area contributed by atoms with E-state index in [1.165, 1.54) is 0 Å². The van der Waals surface area contributed by atoms with Crippen molar-refractivity contribution in [3.05, 3.63) is 34.5 Å². The van der Waals surface area contributed by atoms with Crippen molar-refractivity contribution in [2.24, 2.45) is 0 Å². The van der Waals surface area contributed by atoms with Gasteiger partial charge < -0.3 is 14.4 Å².